The monoisotopic (exact) mass is 179 g/mol. The van der Waals surface area contributed by atoms with Gasteiger partial charge in [0, 0.05) is 17.8 Å². The summed E-state index contributed by atoms with van der Waals surface area (Å²) in [5, 5.41) is 3.34. The first kappa shape index (κ1) is 8.78. The third-order valence-corrected chi connectivity index (χ3v) is 3.10. The average Bonchev–Trinajstić information content (AvgIpc) is 2.63. The van der Waals surface area contributed by atoms with E-state index in [0.29, 0.717) is 5.92 Å². The number of allylic oxidation sites excluding steroid dienone is 1. The second-order valence-corrected chi connectivity index (χ2v) is 4.04. The molecule has 1 saturated heterocycles. The molecular weight excluding hydrogens is 162 g/mol. The molecule has 1 aliphatic heterocycles. The lowest BCUT2D eigenvalue weighted by atomic mass is 9.79. The highest BCUT2D eigenvalue weighted by Gasteiger charge is 2.34. The molecular formula is C10H17N3. The standard InChI is InChI=1S/C10H17N3/c11-9-1-4-10(12,5-2-9)8-3-6-13-7-8/h1-2,4,8,13H,3,5-7,11-12H2. The van der Waals surface area contributed by atoms with E-state index in [4.69, 9.17) is 11.5 Å². The van der Waals surface area contributed by atoms with Gasteiger partial charge in [0.05, 0.1) is 0 Å². The topological polar surface area (TPSA) is 64.1 Å². The summed E-state index contributed by atoms with van der Waals surface area (Å²) in [6, 6.07) is 0. The fourth-order valence-corrected chi connectivity index (χ4v) is 2.10. The van der Waals surface area contributed by atoms with E-state index in [1.165, 1.54) is 6.42 Å². The van der Waals surface area contributed by atoms with E-state index in [1.54, 1.807) is 0 Å². The average molecular weight is 179 g/mol. The lowest BCUT2D eigenvalue weighted by Crippen LogP contribution is -2.47. The van der Waals surface area contributed by atoms with Crippen LogP contribution in [0.2, 0.25) is 0 Å². The van der Waals surface area contributed by atoms with E-state index in [9.17, 15) is 0 Å². The molecule has 0 aromatic rings. The Kier molecular flexibility index (Phi) is 2.14. The van der Waals surface area contributed by atoms with E-state index in [1.807, 2.05) is 12.2 Å². The first-order valence-corrected chi connectivity index (χ1v) is 4.85. The molecule has 5 N–H and O–H groups in total. The van der Waals surface area contributed by atoms with Crippen LogP contribution in [0.3, 0.4) is 0 Å². The first-order valence-electron chi connectivity index (χ1n) is 4.85. The molecule has 0 spiro atoms. The molecule has 2 atom stereocenters. The van der Waals surface area contributed by atoms with E-state index >= 15 is 0 Å². The van der Waals surface area contributed by atoms with Crippen molar-refractivity contribution >= 4 is 0 Å². The largest absolute Gasteiger partial charge is 0.399 e. The van der Waals surface area contributed by atoms with Crippen LogP contribution in [-0.2, 0) is 0 Å². The van der Waals surface area contributed by atoms with Gasteiger partial charge in [0.2, 0.25) is 0 Å². The van der Waals surface area contributed by atoms with Crippen molar-refractivity contribution in [2.45, 2.75) is 18.4 Å². The van der Waals surface area contributed by atoms with Crippen LogP contribution in [0.1, 0.15) is 12.8 Å². The number of rotatable bonds is 1. The lowest BCUT2D eigenvalue weighted by Gasteiger charge is -2.33. The van der Waals surface area contributed by atoms with Crippen LogP contribution >= 0.6 is 0 Å². The Morgan fingerprint density at radius 3 is 2.92 bits per heavy atom. The van der Waals surface area contributed by atoms with Gasteiger partial charge in [-0.05, 0) is 31.4 Å². The first-order chi connectivity index (χ1) is 6.21. The Morgan fingerprint density at radius 2 is 2.38 bits per heavy atom. The van der Waals surface area contributed by atoms with Gasteiger partial charge in [0.25, 0.3) is 0 Å². The van der Waals surface area contributed by atoms with Crippen LogP contribution in [0.25, 0.3) is 0 Å². The predicted octanol–water partition coefficient (Wildman–Crippen LogP) is 0.0959. The molecule has 72 valence electrons. The van der Waals surface area contributed by atoms with Gasteiger partial charge >= 0.3 is 0 Å². The zero-order valence-corrected chi connectivity index (χ0v) is 7.79. The molecule has 2 aliphatic rings. The molecule has 0 bridgehead atoms. The third kappa shape index (κ3) is 1.62. The minimum atomic E-state index is -0.160. The molecule has 0 aromatic heterocycles. The van der Waals surface area contributed by atoms with Crippen LogP contribution in [-0.4, -0.2) is 18.6 Å². The normalized spacial score (nSPS) is 39.2. The summed E-state index contributed by atoms with van der Waals surface area (Å²) in [4.78, 5) is 0. The quantitative estimate of drug-likeness (QED) is 0.535. The van der Waals surface area contributed by atoms with E-state index < -0.39 is 0 Å². The lowest BCUT2D eigenvalue weighted by molar-refractivity contribution is 0.356. The fourth-order valence-electron chi connectivity index (χ4n) is 2.10. The molecule has 0 radical (unpaired) electrons. The predicted molar refractivity (Wildman–Crippen MR) is 53.9 cm³/mol. The van der Waals surface area contributed by atoms with Gasteiger partial charge in [0.1, 0.15) is 0 Å². The van der Waals surface area contributed by atoms with Crippen LogP contribution in [0.5, 0.6) is 0 Å². The molecule has 3 heteroatoms. The van der Waals surface area contributed by atoms with Gasteiger partial charge in [-0.2, -0.15) is 0 Å². The smallest absolute Gasteiger partial charge is 0.0420 e. The second-order valence-electron chi connectivity index (χ2n) is 4.04. The summed E-state index contributed by atoms with van der Waals surface area (Å²) in [6.45, 7) is 2.13. The summed E-state index contributed by atoms with van der Waals surface area (Å²) < 4.78 is 0. The summed E-state index contributed by atoms with van der Waals surface area (Å²) >= 11 is 0. The number of nitrogens with two attached hydrogens (primary N) is 2. The van der Waals surface area contributed by atoms with Gasteiger partial charge in [-0.15, -0.1) is 0 Å². The van der Waals surface area contributed by atoms with Crippen molar-refractivity contribution in [2.24, 2.45) is 17.4 Å². The molecule has 1 heterocycles. The molecule has 1 fully saturated rings. The maximum Gasteiger partial charge on any atom is 0.0420 e. The molecule has 0 amide bonds. The molecule has 3 nitrogen and oxygen atoms in total. The van der Waals surface area contributed by atoms with Crippen molar-refractivity contribution in [1.29, 1.82) is 0 Å². The van der Waals surface area contributed by atoms with Crippen LogP contribution in [0, 0.1) is 5.92 Å². The van der Waals surface area contributed by atoms with E-state index in [0.717, 1.165) is 25.2 Å². The Morgan fingerprint density at radius 1 is 1.54 bits per heavy atom. The summed E-state index contributed by atoms with van der Waals surface area (Å²) in [5.41, 5.74) is 12.6. The SMILES string of the molecule is NC1=CCC(N)(C2CCNC2)C=C1. The second kappa shape index (κ2) is 3.16. The van der Waals surface area contributed by atoms with Gasteiger partial charge in [-0.1, -0.05) is 12.2 Å². The molecule has 13 heavy (non-hydrogen) atoms. The third-order valence-electron chi connectivity index (χ3n) is 3.10. The highest BCUT2D eigenvalue weighted by Crippen LogP contribution is 2.29. The van der Waals surface area contributed by atoms with Crippen LogP contribution in [0.15, 0.2) is 23.9 Å². The van der Waals surface area contributed by atoms with Crippen molar-refractivity contribution in [3.8, 4) is 0 Å². The number of nitrogens with one attached hydrogen (secondary N) is 1. The van der Waals surface area contributed by atoms with Crippen molar-refractivity contribution in [1.82, 2.24) is 5.32 Å². The minimum Gasteiger partial charge on any atom is -0.399 e. The van der Waals surface area contributed by atoms with Gasteiger partial charge in [0.15, 0.2) is 0 Å². The fraction of sp³-hybridized carbons (Fsp3) is 0.600. The molecule has 0 aromatic carbocycles. The van der Waals surface area contributed by atoms with Crippen molar-refractivity contribution in [3.05, 3.63) is 23.9 Å². The summed E-state index contributed by atoms with van der Waals surface area (Å²) in [6.07, 6.45) is 8.08. The van der Waals surface area contributed by atoms with Gasteiger partial charge < -0.3 is 16.8 Å². The molecule has 2 unspecified atom stereocenters. The van der Waals surface area contributed by atoms with Gasteiger partial charge in [-0.25, -0.2) is 0 Å². The number of hydrogen-bond donors (Lipinski definition) is 3. The summed E-state index contributed by atoms with van der Waals surface area (Å²) in [5.74, 6) is 0.563. The van der Waals surface area contributed by atoms with Crippen LogP contribution < -0.4 is 16.8 Å². The Bertz CT molecular complexity index is 251. The maximum atomic E-state index is 6.30. The molecule has 2 rings (SSSR count). The van der Waals surface area contributed by atoms with Crippen molar-refractivity contribution in [2.75, 3.05) is 13.1 Å². The Balaban J connectivity index is 2.09. The number of hydrogen-bond acceptors (Lipinski definition) is 3. The van der Waals surface area contributed by atoms with E-state index in [2.05, 4.69) is 11.4 Å². The highest BCUT2D eigenvalue weighted by molar-refractivity contribution is 5.28. The minimum absolute atomic E-state index is 0.160. The Labute approximate surface area is 78.9 Å². The zero-order chi connectivity index (χ0) is 9.31. The maximum absolute atomic E-state index is 6.30. The summed E-state index contributed by atoms with van der Waals surface area (Å²) in [7, 11) is 0. The van der Waals surface area contributed by atoms with Crippen LogP contribution in [0.4, 0.5) is 0 Å². The van der Waals surface area contributed by atoms with Gasteiger partial charge in [-0.3, -0.25) is 0 Å². The zero-order valence-electron chi connectivity index (χ0n) is 7.79. The molecule has 1 aliphatic carbocycles. The van der Waals surface area contributed by atoms with Crippen molar-refractivity contribution < 1.29 is 0 Å². The molecule has 0 saturated carbocycles. The Hall–Kier alpha value is -0.800. The van der Waals surface area contributed by atoms with E-state index in [-0.39, 0.29) is 5.54 Å². The van der Waals surface area contributed by atoms with Crippen molar-refractivity contribution in [3.63, 3.8) is 0 Å². The highest BCUT2D eigenvalue weighted by atomic mass is 14.9.